The normalized spacial score (nSPS) is 19.7. The monoisotopic (exact) mass is 395 g/mol. The SMILES string of the molecule is CN(C)C(=O)c1cccc(CN2CCCC(n3ncc(N4CCC4)cc3=O)C2)c1. The minimum Gasteiger partial charge on any atom is -0.370 e. The number of anilines is 1. The molecule has 4 rings (SSSR count). The highest BCUT2D eigenvalue weighted by Gasteiger charge is 2.24. The molecule has 1 aromatic heterocycles. The molecule has 7 heteroatoms. The van der Waals surface area contributed by atoms with Gasteiger partial charge < -0.3 is 9.80 Å². The third kappa shape index (κ3) is 4.34. The van der Waals surface area contributed by atoms with E-state index in [0.29, 0.717) is 5.56 Å². The Morgan fingerprint density at radius 2 is 2.00 bits per heavy atom. The van der Waals surface area contributed by atoms with Crippen LogP contribution >= 0.6 is 0 Å². The van der Waals surface area contributed by atoms with Crippen molar-refractivity contribution in [3.63, 3.8) is 0 Å². The van der Waals surface area contributed by atoms with Gasteiger partial charge in [0.15, 0.2) is 0 Å². The number of benzene rings is 1. The van der Waals surface area contributed by atoms with Gasteiger partial charge in [0, 0.05) is 51.9 Å². The van der Waals surface area contributed by atoms with Gasteiger partial charge in [0.05, 0.1) is 17.9 Å². The van der Waals surface area contributed by atoms with E-state index in [4.69, 9.17) is 0 Å². The molecule has 0 spiro atoms. The van der Waals surface area contributed by atoms with Crippen LogP contribution in [-0.4, -0.2) is 65.8 Å². The maximum Gasteiger partial charge on any atom is 0.269 e. The highest BCUT2D eigenvalue weighted by Crippen LogP contribution is 2.23. The molecule has 1 aromatic carbocycles. The van der Waals surface area contributed by atoms with E-state index in [0.717, 1.165) is 56.8 Å². The first-order valence-corrected chi connectivity index (χ1v) is 10.4. The summed E-state index contributed by atoms with van der Waals surface area (Å²) in [5.74, 6) is 0.0152. The Labute approximate surface area is 171 Å². The van der Waals surface area contributed by atoms with Crippen LogP contribution in [0.3, 0.4) is 0 Å². The van der Waals surface area contributed by atoms with Crippen molar-refractivity contribution in [2.45, 2.75) is 31.8 Å². The molecular formula is C22H29N5O2. The molecule has 2 saturated heterocycles. The molecular weight excluding hydrogens is 366 g/mol. The van der Waals surface area contributed by atoms with Gasteiger partial charge in [-0.1, -0.05) is 12.1 Å². The van der Waals surface area contributed by atoms with Crippen LogP contribution in [0.25, 0.3) is 0 Å². The maximum atomic E-state index is 12.6. The zero-order valence-corrected chi connectivity index (χ0v) is 17.3. The molecule has 2 aliphatic rings. The van der Waals surface area contributed by atoms with E-state index in [9.17, 15) is 9.59 Å². The zero-order valence-electron chi connectivity index (χ0n) is 17.3. The fourth-order valence-corrected chi connectivity index (χ4v) is 4.12. The van der Waals surface area contributed by atoms with E-state index in [2.05, 4.69) is 21.0 Å². The Balaban J connectivity index is 1.44. The number of aromatic nitrogens is 2. The van der Waals surface area contributed by atoms with Crippen molar-refractivity contribution in [3.8, 4) is 0 Å². The lowest BCUT2D eigenvalue weighted by Gasteiger charge is -2.34. The second kappa shape index (κ2) is 8.37. The lowest BCUT2D eigenvalue weighted by molar-refractivity contribution is 0.0827. The predicted molar refractivity (Wildman–Crippen MR) is 113 cm³/mol. The molecule has 1 atom stereocenters. The highest BCUT2D eigenvalue weighted by molar-refractivity contribution is 5.94. The van der Waals surface area contributed by atoms with Gasteiger partial charge in [0.1, 0.15) is 0 Å². The second-order valence-corrected chi connectivity index (χ2v) is 8.27. The van der Waals surface area contributed by atoms with Gasteiger partial charge in [-0.15, -0.1) is 0 Å². The number of hydrogen-bond donors (Lipinski definition) is 0. The quantitative estimate of drug-likeness (QED) is 0.775. The van der Waals surface area contributed by atoms with Crippen LogP contribution < -0.4 is 10.5 Å². The van der Waals surface area contributed by atoms with Crippen molar-refractivity contribution < 1.29 is 4.79 Å². The van der Waals surface area contributed by atoms with Gasteiger partial charge in [-0.05, 0) is 43.5 Å². The van der Waals surface area contributed by atoms with E-state index in [1.54, 1.807) is 29.7 Å². The number of amides is 1. The molecule has 3 heterocycles. The zero-order chi connectivity index (χ0) is 20.4. The highest BCUT2D eigenvalue weighted by atomic mass is 16.2. The smallest absolute Gasteiger partial charge is 0.269 e. The molecule has 7 nitrogen and oxygen atoms in total. The van der Waals surface area contributed by atoms with Crippen LogP contribution in [0, 0.1) is 0 Å². The van der Waals surface area contributed by atoms with Crippen molar-refractivity contribution in [2.75, 3.05) is 45.2 Å². The average Bonchev–Trinajstić information content (AvgIpc) is 2.66. The fraction of sp³-hybridized carbons (Fsp3) is 0.500. The Morgan fingerprint density at radius 1 is 1.17 bits per heavy atom. The molecule has 0 N–H and O–H groups in total. The fourth-order valence-electron chi connectivity index (χ4n) is 4.12. The Morgan fingerprint density at radius 3 is 2.69 bits per heavy atom. The van der Waals surface area contributed by atoms with E-state index >= 15 is 0 Å². The van der Waals surface area contributed by atoms with E-state index < -0.39 is 0 Å². The number of carbonyl (C=O) groups is 1. The average molecular weight is 396 g/mol. The molecule has 2 aliphatic heterocycles. The maximum absolute atomic E-state index is 12.6. The molecule has 154 valence electrons. The lowest BCUT2D eigenvalue weighted by Crippen LogP contribution is -2.41. The van der Waals surface area contributed by atoms with Crippen LogP contribution in [0.5, 0.6) is 0 Å². The molecule has 0 radical (unpaired) electrons. The third-order valence-electron chi connectivity index (χ3n) is 5.85. The third-order valence-corrected chi connectivity index (χ3v) is 5.85. The number of piperidine rings is 1. The number of nitrogens with zero attached hydrogens (tertiary/aromatic N) is 5. The summed E-state index contributed by atoms with van der Waals surface area (Å²) in [5.41, 5.74) is 2.75. The second-order valence-electron chi connectivity index (χ2n) is 8.27. The topological polar surface area (TPSA) is 61.7 Å². The van der Waals surface area contributed by atoms with Gasteiger partial charge in [0.25, 0.3) is 11.5 Å². The lowest BCUT2D eigenvalue weighted by atomic mass is 10.0. The number of hydrogen-bond acceptors (Lipinski definition) is 5. The Kier molecular flexibility index (Phi) is 5.67. The Hall–Kier alpha value is -2.67. The van der Waals surface area contributed by atoms with Gasteiger partial charge >= 0.3 is 0 Å². The van der Waals surface area contributed by atoms with Crippen LogP contribution in [0.15, 0.2) is 41.3 Å². The van der Waals surface area contributed by atoms with Crippen LogP contribution in [0.2, 0.25) is 0 Å². The molecule has 2 aromatic rings. The summed E-state index contributed by atoms with van der Waals surface area (Å²) in [4.78, 5) is 31.0. The molecule has 0 bridgehead atoms. The van der Waals surface area contributed by atoms with Gasteiger partial charge in [-0.3, -0.25) is 14.5 Å². The minimum absolute atomic E-state index is 0.0140. The van der Waals surface area contributed by atoms with E-state index in [1.165, 1.54) is 6.42 Å². The molecule has 0 aliphatic carbocycles. The summed E-state index contributed by atoms with van der Waals surface area (Å²) >= 11 is 0. The van der Waals surface area contributed by atoms with Crippen LogP contribution in [0.1, 0.15) is 41.2 Å². The van der Waals surface area contributed by atoms with Gasteiger partial charge in [-0.25, -0.2) is 4.68 Å². The number of carbonyl (C=O) groups excluding carboxylic acids is 1. The molecule has 2 fully saturated rings. The summed E-state index contributed by atoms with van der Waals surface area (Å²) in [6.07, 6.45) is 5.01. The summed E-state index contributed by atoms with van der Waals surface area (Å²) < 4.78 is 1.65. The summed E-state index contributed by atoms with van der Waals surface area (Å²) in [5, 5.41) is 4.49. The minimum atomic E-state index is -0.0140. The molecule has 1 amide bonds. The van der Waals surface area contributed by atoms with Crippen molar-refractivity contribution in [3.05, 3.63) is 58.0 Å². The van der Waals surface area contributed by atoms with Crippen molar-refractivity contribution in [2.24, 2.45) is 0 Å². The number of likely N-dealkylation sites (tertiary alicyclic amines) is 1. The Bertz CT molecular complexity index is 935. The number of rotatable bonds is 5. The van der Waals surface area contributed by atoms with Crippen LogP contribution in [-0.2, 0) is 6.54 Å². The molecule has 29 heavy (non-hydrogen) atoms. The summed E-state index contributed by atoms with van der Waals surface area (Å²) in [6.45, 7) is 4.58. The van der Waals surface area contributed by atoms with Crippen molar-refractivity contribution in [1.29, 1.82) is 0 Å². The van der Waals surface area contributed by atoms with Gasteiger partial charge in [0.2, 0.25) is 0 Å². The largest absolute Gasteiger partial charge is 0.370 e. The predicted octanol–water partition coefficient (Wildman–Crippen LogP) is 1.99. The van der Waals surface area contributed by atoms with Crippen molar-refractivity contribution in [1.82, 2.24) is 19.6 Å². The first kappa shape index (κ1) is 19.6. The molecule has 1 unspecified atom stereocenters. The van der Waals surface area contributed by atoms with E-state index in [1.807, 2.05) is 24.4 Å². The summed E-state index contributed by atoms with van der Waals surface area (Å²) in [6, 6.07) is 9.64. The molecule has 0 saturated carbocycles. The van der Waals surface area contributed by atoms with Gasteiger partial charge in [-0.2, -0.15) is 5.10 Å². The van der Waals surface area contributed by atoms with E-state index in [-0.39, 0.29) is 17.5 Å². The summed E-state index contributed by atoms with van der Waals surface area (Å²) in [7, 11) is 3.53. The van der Waals surface area contributed by atoms with Crippen molar-refractivity contribution >= 4 is 11.6 Å². The van der Waals surface area contributed by atoms with Crippen LogP contribution in [0.4, 0.5) is 5.69 Å². The standard InChI is InChI=1S/C22H29N5O2/c1-24(2)22(29)18-7-3-6-17(12-18)15-25-9-4-8-19(16-25)27-21(28)13-20(14-23-27)26-10-5-11-26/h3,6-7,12-14,19H,4-5,8-11,15-16H2,1-2H3. The first-order valence-electron chi connectivity index (χ1n) is 10.4. The first-order chi connectivity index (χ1) is 14.0.